The van der Waals surface area contributed by atoms with Gasteiger partial charge in [0.2, 0.25) is 29.5 Å². The topological polar surface area (TPSA) is 310 Å². The predicted octanol–water partition coefficient (Wildman–Crippen LogP) is 0.316. The minimum absolute atomic E-state index is 0.0168. The van der Waals surface area contributed by atoms with Gasteiger partial charge in [-0.05, 0) is 86.4 Å². The first-order chi connectivity index (χ1) is 28.7. The first kappa shape index (κ1) is 51.5. The number of phenolic OH excluding ortho intramolecular Hbond substituents is 1. The van der Waals surface area contributed by atoms with Crippen molar-refractivity contribution in [1.82, 2.24) is 26.2 Å². The summed E-state index contributed by atoms with van der Waals surface area (Å²) in [6.45, 7) is 8.30. The Hall–Kier alpha value is -5.62. The number of aromatic hydroxyl groups is 1. The summed E-state index contributed by atoms with van der Waals surface area (Å²) < 4.78 is 0.721. The molecule has 0 radical (unpaired) electrons. The van der Waals surface area contributed by atoms with E-state index < -0.39 is 77.7 Å². The van der Waals surface area contributed by atoms with Crippen molar-refractivity contribution in [3.63, 3.8) is 0 Å². The molecule has 5 amide bonds. The lowest BCUT2D eigenvalue weighted by Crippen LogP contribution is -2.60. The third kappa shape index (κ3) is 18.3. The third-order valence-corrected chi connectivity index (χ3v) is 10.6. The molecule has 0 aromatic heterocycles. The van der Waals surface area contributed by atoms with Crippen molar-refractivity contribution in [2.24, 2.45) is 33.4 Å². The molecular formula is C41H68N12O8. The Morgan fingerprint density at radius 1 is 0.918 bits per heavy atom. The highest BCUT2D eigenvalue weighted by Gasteiger charge is 2.40. The molecule has 61 heavy (non-hydrogen) atoms. The van der Waals surface area contributed by atoms with Crippen LogP contribution >= 0.6 is 0 Å². The quantitative estimate of drug-likeness (QED) is 0.0127. The largest absolute Gasteiger partial charge is 0.548 e. The van der Waals surface area contributed by atoms with Gasteiger partial charge < -0.3 is 57.1 Å². The molecule has 20 heteroatoms. The van der Waals surface area contributed by atoms with E-state index in [9.17, 15) is 44.5 Å². The van der Waals surface area contributed by atoms with Gasteiger partial charge in [0, 0.05) is 24.4 Å². The number of aliphatic imine (C=N–C) groups is 1. The fraction of sp³-hybridized carbons (Fsp3) is 0.683. The molecule has 1 fully saturated rings. The lowest BCUT2D eigenvalue weighted by molar-refractivity contribution is -0.870. The molecule has 9 N–H and O–H groups in total. The number of quaternary nitrogens is 1. The summed E-state index contributed by atoms with van der Waals surface area (Å²) in [5.41, 5.74) is 20.8. The summed E-state index contributed by atoms with van der Waals surface area (Å²) in [4.78, 5) is 89.7. The number of carboxylic acids is 1. The SMILES string of the molecule is CC[C@H](C)[C@@H](NC(=O)[C@@H](Cc1ccc(O)cc1)NC(=O)[C@H]1CCCN1C(=O)[C@@H](CCCN=C(N)N)NC(=O)[C@H](CCCC[N+](C)(C)C)N=[N+]=[N-])C(=O)N[C@H](CC(C)C)C(=O)[O-]. The van der Waals surface area contributed by atoms with Crippen LogP contribution in [0.25, 0.3) is 10.4 Å². The molecular weight excluding hydrogens is 789 g/mol. The first-order valence-corrected chi connectivity index (χ1v) is 21.1. The maximum absolute atomic E-state index is 14.3. The molecule has 0 aliphatic carbocycles. The number of guanidine groups is 1. The molecule has 1 aromatic carbocycles. The number of carbonyl (C=O) groups excluding carboxylic acids is 6. The van der Waals surface area contributed by atoms with E-state index in [-0.39, 0.29) is 69.2 Å². The maximum Gasteiger partial charge on any atom is 0.245 e. The lowest BCUT2D eigenvalue weighted by atomic mass is 9.96. The van der Waals surface area contributed by atoms with Gasteiger partial charge in [0.05, 0.1) is 39.7 Å². The molecule has 0 spiro atoms. The highest BCUT2D eigenvalue weighted by atomic mass is 16.4. The molecule has 1 heterocycles. The van der Waals surface area contributed by atoms with E-state index in [0.29, 0.717) is 24.8 Å². The fourth-order valence-electron chi connectivity index (χ4n) is 7.01. The maximum atomic E-state index is 14.3. The Morgan fingerprint density at radius 3 is 2.15 bits per heavy atom. The summed E-state index contributed by atoms with van der Waals surface area (Å²) in [5, 5.41) is 36.2. The molecule has 1 aliphatic heterocycles. The zero-order chi connectivity index (χ0) is 45.9. The monoisotopic (exact) mass is 857 g/mol. The van der Waals surface area contributed by atoms with Crippen LogP contribution in [-0.2, 0) is 35.2 Å². The summed E-state index contributed by atoms with van der Waals surface area (Å²) in [6.07, 6.45) is 3.18. The molecule has 1 aliphatic rings. The molecule has 20 nitrogen and oxygen atoms in total. The van der Waals surface area contributed by atoms with Gasteiger partial charge in [-0.3, -0.25) is 29.0 Å². The third-order valence-electron chi connectivity index (χ3n) is 10.6. The Morgan fingerprint density at radius 2 is 1.57 bits per heavy atom. The highest BCUT2D eigenvalue weighted by molar-refractivity contribution is 5.96. The highest BCUT2D eigenvalue weighted by Crippen LogP contribution is 2.22. The number of unbranched alkanes of at least 4 members (excludes halogenated alkanes) is 1. The average molecular weight is 857 g/mol. The second-order valence-electron chi connectivity index (χ2n) is 17.2. The van der Waals surface area contributed by atoms with Gasteiger partial charge >= 0.3 is 0 Å². The van der Waals surface area contributed by atoms with Gasteiger partial charge in [-0.15, -0.1) is 0 Å². The molecule has 340 valence electrons. The van der Waals surface area contributed by atoms with E-state index in [1.807, 2.05) is 28.1 Å². The van der Waals surface area contributed by atoms with E-state index in [2.05, 4.69) is 36.3 Å². The van der Waals surface area contributed by atoms with Crippen molar-refractivity contribution in [3.8, 4) is 5.75 Å². The van der Waals surface area contributed by atoms with Crippen LogP contribution in [0.15, 0.2) is 34.4 Å². The number of hydrogen-bond acceptors (Lipinski definition) is 10. The second kappa shape index (κ2) is 25.2. The van der Waals surface area contributed by atoms with Gasteiger partial charge in [0.15, 0.2) is 5.96 Å². The molecule has 1 aromatic rings. The van der Waals surface area contributed by atoms with E-state index in [4.69, 9.17) is 11.5 Å². The number of nitrogens with one attached hydrogen (secondary N) is 4. The fourth-order valence-corrected chi connectivity index (χ4v) is 7.01. The molecule has 0 saturated carbocycles. The lowest BCUT2D eigenvalue weighted by Gasteiger charge is -2.31. The van der Waals surface area contributed by atoms with Gasteiger partial charge in [-0.25, -0.2) is 0 Å². The number of phenols is 1. The van der Waals surface area contributed by atoms with E-state index >= 15 is 0 Å². The van der Waals surface area contributed by atoms with Crippen molar-refractivity contribution in [2.75, 3.05) is 40.8 Å². The Labute approximate surface area is 358 Å². The van der Waals surface area contributed by atoms with Crippen molar-refractivity contribution in [1.29, 1.82) is 0 Å². The number of nitrogens with two attached hydrogens (primary N) is 2. The van der Waals surface area contributed by atoms with Gasteiger partial charge in [0.1, 0.15) is 36.0 Å². The first-order valence-electron chi connectivity index (χ1n) is 21.1. The number of likely N-dealkylation sites (tertiary alicyclic amines) is 1. The van der Waals surface area contributed by atoms with Crippen LogP contribution in [0.5, 0.6) is 5.75 Å². The number of nitrogens with zero attached hydrogens (tertiary/aromatic N) is 6. The van der Waals surface area contributed by atoms with Crippen LogP contribution in [0.4, 0.5) is 0 Å². The minimum Gasteiger partial charge on any atom is -0.548 e. The number of hydrogen-bond donors (Lipinski definition) is 7. The smallest absolute Gasteiger partial charge is 0.245 e. The van der Waals surface area contributed by atoms with E-state index in [1.54, 1.807) is 32.9 Å². The summed E-state index contributed by atoms with van der Waals surface area (Å²) in [6, 6.07) is -1.01. The van der Waals surface area contributed by atoms with Crippen LogP contribution < -0.4 is 37.8 Å². The molecule has 7 atom stereocenters. The minimum atomic E-state index is -1.46. The number of benzene rings is 1. The van der Waals surface area contributed by atoms with Crippen LogP contribution in [0.3, 0.4) is 0 Å². The van der Waals surface area contributed by atoms with E-state index in [1.165, 1.54) is 17.0 Å². The number of aliphatic carboxylic acids is 1. The number of azide groups is 1. The van der Waals surface area contributed by atoms with Crippen LogP contribution in [0, 0.1) is 11.8 Å². The van der Waals surface area contributed by atoms with Crippen molar-refractivity contribution >= 4 is 41.5 Å². The normalized spacial score (nSPS) is 16.8. The standard InChI is InChI=1S/C41H68N12O8/c1-8-26(4)34(38(58)48-32(40(60)61)23-25(2)3)49-36(56)31(24-27-16-18-28(54)19-17-27)47-37(57)33-15-12-21-52(33)39(59)30(14-11-20-45-41(42)43)46-35(55)29(50-51-44)13-9-10-22-53(5,6)7/h16-19,25-26,29-34H,8-15,20-24H2,1-7H3,(H9-,42,43,45,46,47,48,49,54,55,56,57,58,60,61)/t26-,29-,30+,31+,32+,33+,34+/m0/s1. The van der Waals surface area contributed by atoms with Gasteiger partial charge in [-0.1, -0.05) is 51.4 Å². The average Bonchev–Trinajstić information content (AvgIpc) is 3.68. The zero-order valence-electron chi connectivity index (χ0n) is 36.8. The molecule has 0 bridgehead atoms. The molecule has 2 rings (SSSR count). The van der Waals surface area contributed by atoms with Crippen LogP contribution in [0.1, 0.15) is 91.0 Å². The summed E-state index contributed by atoms with van der Waals surface area (Å²) >= 11 is 0. The zero-order valence-corrected chi connectivity index (χ0v) is 36.8. The molecule has 0 unspecified atom stereocenters. The van der Waals surface area contributed by atoms with E-state index in [0.717, 1.165) is 17.4 Å². The van der Waals surface area contributed by atoms with Crippen molar-refractivity contribution < 1.29 is 43.5 Å². The van der Waals surface area contributed by atoms with Crippen LogP contribution in [-0.4, -0.2) is 133 Å². The predicted molar refractivity (Wildman–Crippen MR) is 228 cm³/mol. The van der Waals surface area contributed by atoms with Crippen LogP contribution in [0.2, 0.25) is 0 Å². The molecule has 1 saturated heterocycles. The number of amides is 5. The Bertz CT molecular complexity index is 1710. The Balaban J connectivity index is 2.40. The second-order valence-corrected chi connectivity index (χ2v) is 17.2. The Kier molecular flexibility index (Phi) is 21.3. The van der Waals surface area contributed by atoms with Crippen molar-refractivity contribution in [3.05, 3.63) is 40.3 Å². The number of carbonyl (C=O) groups is 6. The summed E-state index contributed by atoms with van der Waals surface area (Å²) in [7, 11) is 6.14. The van der Waals surface area contributed by atoms with Crippen molar-refractivity contribution in [2.45, 2.75) is 128 Å². The number of carboxylic acid groups (broad SMARTS) is 1. The van der Waals surface area contributed by atoms with Gasteiger partial charge in [-0.2, -0.15) is 0 Å². The number of rotatable bonds is 26. The van der Waals surface area contributed by atoms with Gasteiger partial charge in [0.25, 0.3) is 0 Å². The summed E-state index contributed by atoms with van der Waals surface area (Å²) in [5.74, 6) is -5.45.